The Labute approximate surface area is 125 Å². The third kappa shape index (κ3) is 2.73. The molecule has 1 saturated heterocycles. The van der Waals surface area contributed by atoms with Crippen molar-refractivity contribution < 1.29 is 14.3 Å². The van der Waals surface area contributed by atoms with Gasteiger partial charge in [0.1, 0.15) is 11.3 Å². The van der Waals surface area contributed by atoms with E-state index in [4.69, 9.17) is 4.74 Å². The molecule has 0 spiro atoms. The molecule has 0 atom stereocenters. The molecule has 1 aromatic carbocycles. The fraction of sp³-hybridized carbons (Fsp3) is 0.500. The van der Waals surface area contributed by atoms with Crippen LogP contribution >= 0.6 is 0 Å². The standard InChI is InChI=1S/C16H22N2O3/c1-4-16(5-2)15(20)17-10-14(19)18(16)11-12-7-6-8-13(9-12)21-3/h6-9H,4-5,10-11H2,1-3H3,(H,17,20). The second-order valence-corrected chi connectivity index (χ2v) is 5.25. The van der Waals surface area contributed by atoms with Gasteiger partial charge in [-0.3, -0.25) is 9.59 Å². The fourth-order valence-corrected chi connectivity index (χ4v) is 2.92. The van der Waals surface area contributed by atoms with Crippen LogP contribution in [0.4, 0.5) is 0 Å². The van der Waals surface area contributed by atoms with Crippen LogP contribution in [0, 0.1) is 0 Å². The Balaban J connectivity index is 2.33. The van der Waals surface area contributed by atoms with Gasteiger partial charge in [0.2, 0.25) is 11.8 Å². The summed E-state index contributed by atoms with van der Waals surface area (Å²) < 4.78 is 5.21. The van der Waals surface area contributed by atoms with Gasteiger partial charge in [-0.05, 0) is 30.5 Å². The Hall–Kier alpha value is -2.04. The monoisotopic (exact) mass is 290 g/mol. The van der Waals surface area contributed by atoms with E-state index in [1.807, 2.05) is 38.1 Å². The van der Waals surface area contributed by atoms with E-state index >= 15 is 0 Å². The Bertz CT molecular complexity index is 538. The van der Waals surface area contributed by atoms with Gasteiger partial charge >= 0.3 is 0 Å². The summed E-state index contributed by atoms with van der Waals surface area (Å²) in [6.45, 7) is 4.39. The van der Waals surface area contributed by atoms with Crippen LogP contribution in [0.1, 0.15) is 32.3 Å². The van der Waals surface area contributed by atoms with Crippen molar-refractivity contribution in [3.8, 4) is 5.75 Å². The number of hydrogen-bond acceptors (Lipinski definition) is 3. The van der Waals surface area contributed by atoms with Crippen molar-refractivity contribution in [2.45, 2.75) is 38.8 Å². The third-order valence-electron chi connectivity index (χ3n) is 4.29. The lowest BCUT2D eigenvalue weighted by Crippen LogP contribution is -2.66. The number of amides is 2. The maximum atomic E-state index is 12.3. The number of carbonyl (C=O) groups excluding carboxylic acids is 2. The summed E-state index contributed by atoms with van der Waals surface area (Å²) in [4.78, 5) is 26.3. The topological polar surface area (TPSA) is 58.6 Å². The molecule has 2 amide bonds. The average molecular weight is 290 g/mol. The molecule has 1 heterocycles. The van der Waals surface area contributed by atoms with Crippen LogP contribution < -0.4 is 10.1 Å². The smallest absolute Gasteiger partial charge is 0.246 e. The number of methoxy groups -OCH3 is 1. The van der Waals surface area contributed by atoms with Gasteiger partial charge in [-0.15, -0.1) is 0 Å². The minimum Gasteiger partial charge on any atom is -0.497 e. The van der Waals surface area contributed by atoms with Crippen LogP contribution in [0.25, 0.3) is 0 Å². The Kier molecular flexibility index (Phi) is 4.50. The van der Waals surface area contributed by atoms with Crippen LogP contribution in [0.15, 0.2) is 24.3 Å². The molecule has 0 radical (unpaired) electrons. The summed E-state index contributed by atoms with van der Waals surface area (Å²) in [5, 5.41) is 2.71. The van der Waals surface area contributed by atoms with E-state index in [9.17, 15) is 9.59 Å². The first-order valence-electron chi connectivity index (χ1n) is 7.29. The summed E-state index contributed by atoms with van der Waals surface area (Å²) in [6, 6.07) is 7.59. The van der Waals surface area contributed by atoms with Gasteiger partial charge in [-0.1, -0.05) is 26.0 Å². The van der Waals surface area contributed by atoms with Crippen LogP contribution in [0.2, 0.25) is 0 Å². The average Bonchev–Trinajstić information content (AvgIpc) is 2.52. The van der Waals surface area contributed by atoms with E-state index in [1.165, 1.54) is 0 Å². The zero-order valence-corrected chi connectivity index (χ0v) is 12.8. The molecule has 5 heteroatoms. The van der Waals surface area contributed by atoms with Gasteiger partial charge in [0.05, 0.1) is 13.7 Å². The molecule has 5 nitrogen and oxygen atoms in total. The normalized spacial score (nSPS) is 17.6. The molecule has 0 bridgehead atoms. The lowest BCUT2D eigenvalue weighted by molar-refractivity contribution is -0.155. The fourth-order valence-electron chi connectivity index (χ4n) is 2.92. The van der Waals surface area contributed by atoms with Crippen LogP contribution in [0.5, 0.6) is 5.75 Å². The zero-order chi connectivity index (χ0) is 15.5. The predicted octanol–water partition coefficient (Wildman–Crippen LogP) is 1.71. The maximum absolute atomic E-state index is 12.3. The summed E-state index contributed by atoms with van der Waals surface area (Å²) in [5.74, 6) is 0.649. The van der Waals surface area contributed by atoms with Crippen molar-refractivity contribution >= 4 is 11.8 Å². The Morgan fingerprint density at radius 1 is 1.29 bits per heavy atom. The van der Waals surface area contributed by atoms with E-state index in [0.29, 0.717) is 19.4 Å². The highest BCUT2D eigenvalue weighted by atomic mass is 16.5. The Morgan fingerprint density at radius 3 is 2.62 bits per heavy atom. The zero-order valence-electron chi connectivity index (χ0n) is 12.8. The molecule has 1 N–H and O–H groups in total. The minimum atomic E-state index is -0.752. The van der Waals surface area contributed by atoms with Crippen molar-refractivity contribution in [2.75, 3.05) is 13.7 Å². The maximum Gasteiger partial charge on any atom is 0.246 e. The number of ether oxygens (including phenoxy) is 1. The quantitative estimate of drug-likeness (QED) is 0.898. The number of piperazine rings is 1. The van der Waals surface area contributed by atoms with Gasteiger partial charge in [0, 0.05) is 6.54 Å². The molecule has 1 fully saturated rings. The van der Waals surface area contributed by atoms with E-state index in [-0.39, 0.29) is 18.4 Å². The van der Waals surface area contributed by atoms with Gasteiger partial charge in [0.15, 0.2) is 0 Å². The molecule has 1 aliphatic heterocycles. The Morgan fingerprint density at radius 2 is 2.00 bits per heavy atom. The van der Waals surface area contributed by atoms with Crippen molar-refractivity contribution in [3.05, 3.63) is 29.8 Å². The van der Waals surface area contributed by atoms with E-state index < -0.39 is 5.54 Å². The van der Waals surface area contributed by atoms with Crippen LogP contribution in [-0.4, -0.2) is 35.9 Å². The lowest BCUT2D eigenvalue weighted by Gasteiger charge is -2.45. The number of rotatable bonds is 5. The molecular weight excluding hydrogens is 268 g/mol. The minimum absolute atomic E-state index is 0.0406. The lowest BCUT2D eigenvalue weighted by atomic mass is 9.87. The van der Waals surface area contributed by atoms with E-state index in [1.54, 1.807) is 12.0 Å². The molecule has 2 rings (SSSR count). The predicted molar refractivity (Wildman–Crippen MR) is 79.9 cm³/mol. The SMILES string of the molecule is CCC1(CC)C(=O)NCC(=O)N1Cc1cccc(OC)c1. The molecule has 1 aliphatic rings. The largest absolute Gasteiger partial charge is 0.497 e. The van der Waals surface area contributed by atoms with Crippen molar-refractivity contribution in [2.24, 2.45) is 0 Å². The summed E-state index contributed by atoms with van der Waals surface area (Å²) in [7, 11) is 1.61. The number of benzene rings is 1. The van der Waals surface area contributed by atoms with Gasteiger partial charge in [-0.25, -0.2) is 0 Å². The van der Waals surface area contributed by atoms with E-state index in [0.717, 1.165) is 11.3 Å². The van der Waals surface area contributed by atoms with Crippen molar-refractivity contribution in [3.63, 3.8) is 0 Å². The van der Waals surface area contributed by atoms with Crippen LogP contribution in [-0.2, 0) is 16.1 Å². The summed E-state index contributed by atoms with van der Waals surface area (Å²) in [6.07, 6.45) is 1.20. The highest BCUT2D eigenvalue weighted by Gasteiger charge is 2.46. The molecule has 0 saturated carbocycles. The molecular formula is C16H22N2O3. The second kappa shape index (κ2) is 6.16. The van der Waals surface area contributed by atoms with Crippen molar-refractivity contribution in [1.29, 1.82) is 0 Å². The number of nitrogens with one attached hydrogen (secondary N) is 1. The first-order chi connectivity index (χ1) is 10.1. The highest BCUT2D eigenvalue weighted by Crippen LogP contribution is 2.29. The molecule has 114 valence electrons. The van der Waals surface area contributed by atoms with E-state index in [2.05, 4.69) is 5.32 Å². The first-order valence-corrected chi connectivity index (χ1v) is 7.29. The number of nitrogens with zero attached hydrogens (tertiary/aromatic N) is 1. The molecule has 21 heavy (non-hydrogen) atoms. The van der Waals surface area contributed by atoms with Gasteiger partial charge in [0.25, 0.3) is 0 Å². The second-order valence-electron chi connectivity index (χ2n) is 5.25. The van der Waals surface area contributed by atoms with Crippen molar-refractivity contribution in [1.82, 2.24) is 10.2 Å². The summed E-state index contributed by atoms with van der Waals surface area (Å²) >= 11 is 0. The molecule has 1 aromatic rings. The van der Waals surface area contributed by atoms with Gasteiger partial charge in [-0.2, -0.15) is 0 Å². The molecule has 0 aliphatic carbocycles. The molecule has 0 unspecified atom stereocenters. The third-order valence-corrected chi connectivity index (χ3v) is 4.29. The molecule has 0 aromatic heterocycles. The number of hydrogen-bond donors (Lipinski definition) is 1. The first kappa shape index (κ1) is 15.4. The number of carbonyl (C=O) groups is 2. The van der Waals surface area contributed by atoms with Crippen LogP contribution in [0.3, 0.4) is 0 Å². The van der Waals surface area contributed by atoms with Gasteiger partial charge < -0.3 is 15.0 Å². The highest BCUT2D eigenvalue weighted by molar-refractivity contribution is 5.97. The summed E-state index contributed by atoms with van der Waals surface area (Å²) in [5.41, 5.74) is 0.210.